The Hall–Kier alpha value is -3.06. The van der Waals surface area contributed by atoms with Crippen molar-refractivity contribution in [1.82, 2.24) is 20.1 Å². The lowest BCUT2D eigenvalue weighted by Crippen LogP contribution is -2.48. The van der Waals surface area contributed by atoms with E-state index in [1.165, 1.54) is 13.1 Å². The van der Waals surface area contributed by atoms with Gasteiger partial charge < -0.3 is 10.2 Å². The van der Waals surface area contributed by atoms with Crippen LogP contribution in [0.5, 0.6) is 0 Å². The molecule has 0 spiro atoms. The maximum absolute atomic E-state index is 13.1. The molecule has 2 aromatic rings. The molecule has 1 aromatic carbocycles. The van der Waals surface area contributed by atoms with E-state index >= 15 is 0 Å². The van der Waals surface area contributed by atoms with E-state index in [1.54, 1.807) is 29.4 Å². The van der Waals surface area contributed by atoms with E-state index in [9.17, 15) is 14.4 Å². The number of benzene rings is 1. The number of pyridine rings is 1. The van der Waals surface area contributed by atoms with E-state index in [0.717, 1.165) is 10.5 Å². The lowest BCUT2D eigenvalue weighted by atomic mass is 10.0. The SMILES string of the molecule is CN1C(=O)c2ccc(C(=O)N3CCNCC3c3cccnc3)cc2C1=O. The van der Waals surface area contributed by atoms with Crippen molar-refractivity contribution in [1.29, 1.82) is 0 Å². The standard InChI is InChI=1S/C19H18N4O3/c1-22-18(25)14-5-4-12(9-15(14)19(22)26)17(24)23-8-7-21-11-16(23)13-3-2-6-20-10-13/h2-6,9-10,16,21H,7-8,11H2,1H3. The van der Waals surface area contributed by atoms with Crippen LogP contribution in [0.25, 0.3) is 0 Å². The van der Waals surface area contributed by atoms with Crippen LogP contribution in [0, 0.1) is 0 Å². The van der Waals surface area contributed by atoms with Crippen molar-refractivity contribution >= 4 is 17.7 Å². The van der Waals surface area contributed by atoms with Crippen molar-refractivity contribution in [3.8, 4) is 0 Å². The van der Waals surface area contributed by atoms with Crippen LogP contribution in [0.4, 0.5) is 0 Å². The van der Waals surface area contributed by atoms with Gasteiger partial charge >= 0.3 is 0 Å². The van der Waals surface area contributed by atoms with E-state index in [4.69, 9.17) is 0 Å². The summed E-state index contributed by atoms with van der Waals surface area (Å²) in [5, 5.41) is 3.30. The molecule has 26 heavy (non-hydrogen) atoms. The summed E-state index contributed by atoms with van der Waals surface area (Å²) >= 11 is 0. The molecule has 1 unspecified atom stereocenters. The molecule has 1 saturated heterocycles. The minimum Gasteiger partial charge on any atom is -0.329 e. The average molecular weight is 350 g/mol. The van der Waals surface area contributed by atoms with Gasteiger partial charge in [0.1, 0.15) is 0 Å². The summed E-state index contributed by atoms with van der Waals surface area (Å²) in [5.74, 6) is -0.860. The smallest absolute Gasteiger partial charge is 0.261 e. The summed E-state index contributed by atoms with van der Waals surface area (Å²) in [6, 6.07) is 8.39. The predicted molar refractivity (Wildman–Crippen MR) is 93.8 cm³/mol. The van der Waals surface area contributed by atoms with Crippen LogP contribution < -0.4 is 5.32 Å². The lowest BCUT2D eigenvalue weighted by molar-refractivity contribution is 0.0633. The zero-order valence-electron chi connectivity index (χ0n) is 14.3. The van der Waals surface area contributed by atoms with Gasteiger partial charge in [0.2, 0.25) is 0 Å². The molecule has 1 aromatic heterocycles. The first kappa shape index (κ1) is 16.4. The van der Waals surface area contributed by atoms with E-state index < -0.39 is 0 Å². The van der Waals surface area contributed by atoms with E-state index in [-0.39, 0.29) is 29.3 Å². The van der Waals surface area contributed by atoms with Gasteiger partial charge in [0.05, 0.1) is 17.2 Å². The minimum absolute atomic E-state index is 0.127. The van der Waals surface area contributed by atoms with Crippen molar-refractivity contribution in [2.75, 3.05) is 26.7 Å². The summed E-state index contributed by atoms with van der Waals surface area (Å²) in [4.78, 5) is 44.4. The van der Waals surface area contributed by atoms with Crippen molar-refractivity contribution in [3.05, 3.63) is 65.0 Å². The Morgan fingerprint density at radius 3 is 2.77 bits per heavy atom. The predicted octanol–water partition coefficient (Wildman–Crippen LogP) is 1.09. The molecule has 0 aliphatic carbocycles. The Bertz CT molecular complexity index is 897. The number of hydrogen-bond acceptors (Lipinski definition) is 5. The van der Waals surface area contributed by atoms with Crippen LogP contribution in [-0.4, -0.2) is 59.2 Å². The molecule has 3 amide bonds. The van der Waals surface area contributed by atoms with Crippen LogP contribution in [0.2, 0.25) is 0 Å². The molecule has 1 atom stereocenters. The Labute approximate surface area is 150 Å². The molecule has 0 bridgehead atoms. The van der Waals surface area contributed by atoms with Gasteiger partial charge in [0, 0.05) is 44.6 Å². The number of aromatic nitrogens is 1. The number of hydrogen-bond donors (Lipinski definition) is 1. The monoisotopic (exact) mass is 350 g/mol. The van der Waals surface area contributed by atoms with Gasteiger partial charge in [-0.25, -0.2) is 0 Å². The number of fused-ring (bicyclic) bond motifs is 1. The van der Waals surface area contributed by atoms with Gasteiger partial charge in [-0.05, 0) is 29.8 Å². The Morgan fingerprint density at radius 2 is 2.00 bits per heavy atom. The third kappa shape index (κ3) is 2.57. The molecule has 2 aliphatic heterocycles. The maximum atomic E-state index is 13.1. The summed E-state index contributed by atoms with van der Waals surface area (Å²) in [7, 11) is 1.45. The summed E-state index contributed by atoms with van der Waals surface area (Å²) in [5.41, 5.74) is 2.01. The fourth-order valence-corrected chi connectivity index (χ4v) is 3.48. The average Bonchev–Trinajstić information content (AvgIpc) is 2.92. The van der Waals surface area contributed by atoms with Crippen molar-refractivity contribution in [2.24, 2.45) is 0 Å². The molecule has 132 valence electrons. The Kier molecular flexibility index (Phi) is 4.00. The highest BCUT2D eigenvalue weighted by atomic mass is 16.2. The van der Waals surface area contributed by atoms with Crippen LogP contribution in [0.1, 0.15) is 42.7 Å². The van der Waals surface area contributed by atoms with Gasteiger partial charge in [-0.1, -0.05) is 6.07 Å². The minimum atomic E-state index is -0.372. The molecular weight excluding hydrogens is 332 g/mol. The first-order valence-electron chi connectivity index (χ1n) is 8.46. The van der Waals surface area contributed by atoms with Gasteiger partial charge in [-0.15, -0.1) is 0 Å². The number of piperazine rings is 1. The van der Waals surface area contributed by atoms with Crippen LogP contribution in [-0.2, 0) is 0 Å². The molecule has 7 heteroatoms. The maximum Gasteiger partial charge on any atom is 0.261 e. The van der Waals surface area contributed by atoms with Crippen molar-refractivity contribution in [2.45, 2.75) is 6.04 Å². The quantitative estimate of drug-likeness (QED) is 0.820. The Balaban J connectivity index is 1.67. The van der Waals surface area contributed by atoms with E-state index in [1.807, 2.05) is 12.1 Å². The van der Waals surface area contributed by atoms with Crippen molar-refractivity contribution in [3.63, 3.8) is 0 Å². The fraction of sp³-hybridized carbons (Fsp3) is 0.263. The van der Waals surface area contributed by atoms with Crippen LogP contribution in [0.3, 0.4) is 0 Å². The number of nitrogens with one attached hydrogen (secondary N) is 1. The number of carbonyl (C=O) groups is 3. The molecule has 0 saturated carbocycles. The number of nitrogens with zero attached hydrogens (tertiary/aromatic N) is 3. The highest BCUT2D eigenvalue weighted by Crippen LogP contribution is 2.27. The number of amides is 3. The molecule has 2 aliphatic rings. The molecule has 0 radical (unpaired) electrons. The highest BCUT2D eigenvalue weighted by Gasteiger charge is 2.35. The fourth-order valence-electron chi connectivity index (χ4n) is 3.48. The first-order valence-corrected chi connectivity index (χ1v) is 8.46. The third-order valence-corrected chi connectivity index (χ3v) is 4.91. The molecule has 3 heterocycles. The van der Waals surface area contributed by atoms with Gasteiger partial charge in [-0.3, -0.25) is 24.3 Å². The summed E-state index contributed by atoms with van der Waals surface area (Å²) in [6.45, 7) is 1.90. The topological polar surface area (TPSA) is 82.6 Å². The number of rotatable bonds is 2. The molecule has 7 nitrogen and oxygen atoms in total. The molecular formula is C19H18N4O3. The summed E-state index contributed by atoms with van der Waals surface area (Å²) < 4.78 is 0. The summed E-state index contributed by atoms with van der Waals surface area (Å²) in [6.07, 6.45) is 3.46. The normalized spacial score (nSPS) is 19.7. The Morgan fingerprint density at radius 1 is 1.19 bits per heavy atom. The van der Waals surface area contributed by atoms with Gasteiger partial charge in [0.25, 0.3) is 17.7 Å². The second kappa shape index (κ2) is 6.34. The third-order valence-electron chi connectivity index (χ3n) is 4.91. The largest absolute Gasteiger partial charge is 0.329 e. The second-order valence-corrected chi connectivity index (χ2v) is 6.43. The molecule has 4 rings (SSSR count). The number of carbonyl (C=O) groups excluding carboxylic acids is 3. The van der Waals surface area contributed by atoms with Crippen molar-refractivity contribution < 1.29 is 14.4 Å². The molecule has 1 N–H and O–H groups in total. The lowest BCUT2D eigenvalue weighted by Gasteiger charge is -2.36. The van der Waals surface area contributed by atoms with Crippen LogP contribution >= 0.6 is 0 Å². The van der Waals surface area contributed by atoms with E-state index in [2.05, 4.69) is 10.3 Å². The van der Waals surface area contributed by atoms with Gasteiger partial charge in [-0.2, -0.15) is 0 Å². The van der Waals surface area contributed by atoms with Gasteiger partial charge in [0.15, 0.2) is 0 Å². The zero-order valence-corrected chi connectivity index (χ0v) is 14.3. The second-order valence-electron chi connectivity index (χ2n) is 6.43. The molecule has 1 fully saturated rings. The van der Waals surface area contributed by atoms with E-state index in [0.29, 0.717) is 30.8 Å². The van der Waals surface area contributed by atoms with Crippen LogP contribution in [0.15, 0.2) is 42.7 Å². The highest BCUT2D eigenvalue weighted by molar-refractivity contribution is 6.21. The zero-order chi connectivity index (χ0) is 18.3. The first-order chi connectivity index (χ1) is 12.6. The number of imide groups is 1.